The Kier molecular flexibility index (Phi) is 4.19. The highest BCUT2D eigenvalue weighted by atomic mass is 79.9. The number of furan rings is 1. The van der Waals surface area contributed by atoms with Crippen molar-refractivity contribution in [3.63, 3.8) is 0 Å². The van der Waals surface area contributed by atoms with Crippen molar-refractivity contribution in [3.8, 4) is 5.75 Å². The Balaban J connectivity index is 1.90. The van der Waals surface area contributed by atoms with Crippen LogP contribution in [0.1, 0.15) is 5.76 Å². The van der Waals surface area contributed by atoms with Crippen molar-refractivity contribution in [3.05, 3.63) is 46.8 Å². The lowest BCUT2D eigenvalue weighted by atomic mass is 10.3. The second-order valence-corrected chi connectivity index (χ2v) is 4.24. The molecule has 1 aromatic heterocycles. The summed E-state index contributed by atoms with van der Waals surface area (Å²) in [6.45, 7) is -2.29. The molecule has 1 heterocycles. The topological polar surface area (TPSA) is 34.4 Å². The first-order valence-corrected chi connectivity index (χ1v) is 5.96. The molecule has 0 saturated carbocycles. The van der Waals surface area contributed by atoms with Crippen molar-refractivity contribution in [2.24, 2.45) is 0 Å². The van der Waals surface area contributed by atoms with Gasteiger partial charge in [-0.1, -0.05) is 0 Å². The molecule has 96 valence electrons. The molecule has 0 unspecified atom stereocenters. The van der Waals surface area contributed by atoms with Gasteiger partial charge in [-0.2, -0.15) is 8.78 Å². The standard InChI is InChI=1S/C12H10BrF2NO2/c13-11-6-5-10(17-11)7-16-8-1-3-9(4-2-8)18-12(14)15/h1-6,12,16H,7H2. The Morgan fingerprint density at radius 2 is 1.89 bits per heavy atom. The normalized spacial score (nSPS) is 10.7. The van der Waals surface area contributed by atoms with Gasteiger partial charge < -0.3 is 14.5 Å². The van der Waals surface area contributed by atoms with E-state index in [1.807, 2.05) is 6.07 Å². The maximum absolute atomic E-state index is 11.9. The zero-order chi connectivity index (χ0) is 13.0. The molecular weight excluding hydrogens is 308 g/mol. The fourth-order valence-electron chi connectivity index (χ4n) is 1.39. The van der Waals surface area contributed by atoms with Gasteiger partial charge in [-0.3, -0.25) is 0 Å². The first kappa shape index (κ1) is 12.9. The smallest absolute Gasteiger partial charge is 0.387 e. The number of anilines is 1. The van der Waals surface area contributed by atoms with Crippen LogP contribution >= 0.6 is 15.9 Å². The van der Waals surface area contributed by atoms with Gasteiger partial charge in [0, 0.05) is 5.69 Å². The highest BCUT2D eigenvalue weighted by Crippen LogP contribution is 2.19. The quantitative estimate of drug-likeness (QED) is 0.895. The summed E-state index contributed by atoms with van der Waals surface area (Å²) in [5.74, 6) is 0.908. The molecule has 0 spiro atoms. The zero-order valence-corrected chi connectivity index (χ0v) is 10.8. The van der Waals surface area contributed by atoms with E-state index in [0.717, 1.165) is 11.4 Å². The van der Waals surface area contributed by atoms with Crippen LogP contribution in [0.2, 0.25) is 0 Å². The number of rotatable bonds is 5. The number of benzene rings is 1. The number of halogens is 3. The van der Waals surface area contributed by atoms with E-state index in [4.69, 9.17) is 4.42 Å². The molecule has 0 radical (unpaired) electrons. The molecule has 6 heteroatoms. The largest absolute Gasteiger partial charge is 0.452 e. The Morgan fingerprint density at radius 1 is 1.17 bits per heavy atom. The van der Waals surface area contributed by atoms with Crippen LogP contribution < -0.4 is 10.1 Å². The zero-order valence-electron chi connectivity index (χ0n) is 9.20. The molecule has 0 aliphatic heterocycles. The number of ether oxygens (including phenoxy) is 1. The first-order chi connectivity index (χ1) is 8.63. The Morgan fingerprint density at radius 3 is 2.44 bits per heavy atom. The van der Waals surface area contributed by atoms with Crippen molar-refractivity contribution < 1.29 is 17.9 Å². The van der Waals surface area contributed by atoms with Crippen molar-refractivity contribution >= 4 is 21.6 Å². The highest BCUT2D eigenvalue weighted by molar-refractivity contribution is 9.10. The van der Waals surface area contributed by atoms with Crippen LogP contribution in [0.25, 0.3) is 0 Å². The van der Waals surface area contributed by atoms with E-state index in [1.165, 1.54) is 12.1 Å². The summed E-state index contributed by atoms with van der Waals surface area (Å²) in [7, 11) is 0. The van der Waals surface area contributed by atoms with Crippen molar-refractivity contribution in [1.82, 2.24) is 0 Å². The lowest BCUT2D eigenvalue weighted by molar-refractivity contribution is -0.0498. The van der Waals surface area contributed by atoms with E-state index in [1.54, 1.807) is 18.2 Å². The van der Waals surface area contributed by atoms with Crippen LogP contribution in [-0.2, 0) is 6.54 Å². The summed E-state index contributed by atoms with van der Waals surface area (Å²) >= 11 is 3.21. The predicted octanol–water partition coefficient (Wildman–Crippen LogP) is 4.26. The molecule has 0 aliphatic carbocycles. The Labute approximate surface area is 111 Å². The van der Waals surface area contributed by atoms with Gasteiger partial charge in [-0.15, -0.1) is 0 Å². The average molecular weight is 318 g/mol. The van der Waals surface area contributed by atoms with E-state index in [2.05, 4.69) is 26.0 Å². The third kappa shape index (κ3) is 3.73. The summed E-state index contributed by atoms with van der Waals surface area (Å²) in [5.41, 5.74) is 0.795. The molecule has 18 heavy (non-hydrogen) atoms. The second-order valence-electron chi connectivity index (χ2n) is 3.46. The minimum absolute atomic E-state index is 0.135. The predicted molar refractivity (Wildman–Crippen MR) is 66.8 cm³/mol. The number of nitrogens with one attached hydrogen (secondary N) is 1. The molecule has 0 saturated heterocycles. The maximum atomic E-state index is 11.9. The fourth-order valence-corrected chi connectivity index (χ4v) is 1.73. The minimum Gasteiger partial charge on any atom is -0.452 e. The number of hydrogen-bond acceptors (Lipinski definition) is 3. The molecule has 0 bridgehead atoms. The Hall–Kier alpha value is -1.56. The maximum Gasteiger partial charge on any atom is 0.387 e. The van der Waals surface area contributed by atoms with Gasteiger partial charge in [-0.25, -0.2) is 0 Å². The fraction of sp³-hybridized carbons (Fsp3) is 0.167. The third-order valence-corrected chi connectivity index (χ3v) is 2.60. The first-order valence-electron chi connectivity index (χ1n) is 5.16. The van der Waals surface area contributed by atoms with Crippen molar-refractivity contribution in [1.29, 1.82) is 0 Å². The van der Waals surface area contributed by atoms with Gasteiger partial charge in [0.05, 0.1) is 6.54 Å². The van der Waals surface area contributed by atoms with Crippen LogP contribution in [0, 0.1) is 0 Å². The molecule has 2 aromatic rings. The van der Waals surface area contributed by atoms with Crippen LogP contribution in [0.5, 0.6) is 5.75 Å². The Bertz CT molecular complexity index is 499. The van der Waals surface area contributed by atoms with Gasteiger partial charge in [0.1, 0.15) is 11.5 Å². The SMILES string of the molecule is FC(F)Oc1ccc(NCc2ccc(Br)o2)cc1. The van der Waals surface area contributed by atoms with Crippen LogP contribution in [0.3, 0.4) is 0 Å². The monoisotopic (exact) mass is 317 g/mol. The second kappa shape index (κ2) is 5.86. The molecule has 1 aromatic carbocycles. The third-order valence-electron chi connectivity index (χ3n) is 2.18. The van der Waals surface area contributed by atoms with Crippen molar-refractivity contribution in [2.75, 3.05) is 5.32 Å². The van der Waals surface area contributed by atoms with Crippen LogP contribution in [0.4, 0.5) is 14.5 Å². The summed E-state index contributed by atoms with van der Waals surface area (Å²) in [6.07, 6.45) is 0. The lowest BCUT2D eigenvalue weighted by Crippen LogP contribution is -2.02. The number of alkyl halides is 2. The molecule has 0 fully saturated rings. The lowest BCUT2D eigenvalue weighted by Gasteiger charge is -2.07. The van der Waals surface area contributed by atoms with Gasteiger partial charge in [0.15, 0.2) is 4.67 Å². The molecule has 0 aliphatic rings. The van der Waals surface area contributed by atoms with E-state index < -0.39 is 6.61 Å². The molecule has 0 amide bonds. The van der Waals surface area contributed by atoms with Gasteiger partial charge >= 0.3 is 6.61 Å². The molecule has 2 rings (SSSR count). The molecule has 0 atom stereocenters. The van der Waals surface area contributed by atoms with Gasteiger partial charge in [0.2, 0.25) is 0 Å². The molecule has 1 N–H and O–H groups in total. The van der Waals surface area contributed by atoms with E-state index in [-0.39, 0.29) is 5.75 Å². The number of hydrogen-bond donors (Lipinski definition) is 1. The van der Waals surface area contributed by atoms with E-state index in [0.29, 0.717) is 11.2 Å². The molecule has 3 nitrogen and oxygen atoms in total. The van der Waals surface area contributed by atoms with Crippen LogP contribution in [-0.4, -0.2) is 6.61 Å². The van der Waals surface area contributed by atoms with Gasteiger partial charge in [0.25, 0.3) is 0 Å². The van der Waals surface area contributed by atoms with Gasteiger partial charge in [-0.05, 0) is 52.3 Å². The summed E-state index contributed by atoms with van der Waals surface area (Å²) < 4.78 is 34.1. The minimum atomic E-state index is -2.80. The van der Waals surface area contributed by atoms with Crippen molar-refractivity contribution in [2.45, 2.75) is 13.2 Å². The molecular formula is C12H10BrF2NO2. The van der Waals surface area contributed by atoms with E-state index in [9.17, 15) is 8.78 Å². The van der Waals surface area contributed by atoms with Crippen LogP contribution in [0.15, 0.2) is 45.5 Å². The van der Waals surface area contributed by atoms with E-state index >= 15 is 0 Å². The highest BCUT2D eigenvalue weighted by Gasteiger charge is 2.04. The summed E-state index contributed by atoms with van der Waals surface area (Å²) in [5, 5.41) is 3.10. The summed E-state index contributed by atoms with van der Waals surface area (Å²) in [4.78, 5) is 0. The average Bonchev–Trinajstić information content (AvgIpc) is 2.74. The summed E-state index contributed by atoms with van der Waals surface area (Å²) in [6, 6.07) is 9.92.